The normalized spacial score (nSPS) is 19.0. The van der Waals surface area contributed by atoms with Gasteiger partial charge in [0, 0.05) is 108 Å². The van der Waals surface area contributed by atoms with Gasteiger partial charge in [0.05, 0.1) is 17.3 Å². The first-order chi connectivity index (χ1) is 21.1. The Morgan fingerprint density at radius 2 is 1.75 bits per heavy atom. The fourth-order valence-electron chi connectivity index (χ4n) is 6.18. The van der Waals surface area contributed by atoms with Crippen LogP contribution in [0.1, 0.15) is 25.3 Å². The molecule has 4 aromatic rings. The van der Waals surface area contributed by atoms with Crippen molar-refractivity contribution in [3.63, 3.8) is 0 Å². The first kappa shape index (κ1) is 30.0. The molecule has 2 unspecified atom stereocenters. The number of benzene rings is 1. The fraction of sp³-hybridized carbons (Fsp3) is 0.419. The molecule has 2 saturated heterocycles. The summed E-state index contributed by atoms with van der Waals surface area (Å²) in [6.07, 6.45) is 7.25. The lowest BCUT2D eigenvalue weighted by Crippen LogP contribution is -2.54. The fourth-order valence-corrected chi connectivity index (χ4v) is 7.06. The molecule has 0 saturated carbocycles. The Bertz CT molecular complexity index is 1670. The Kier molecular flexibility index (Phi) is 8.32. The number of hydrogen-bond donors (Lipinski definition) is 0. The molecule has 2 aliphatic rings. The third-order valence-corrected chi connectivity index (χ3v) is 10.0. The van der Waals surface area contributed by atoms with Crippen LogP contribution in [0.4, 0.5) is 24.8 Å². The lowest BCUT2D eigenvalue weighted by molar-refractivity contribution is -0.137. The summed E-state index contributed by atoms with van der Waals surface area (Å²) in [5, 5.41) is 1.17. The third-order valence-electron chi connectivity index (χ3n) is 8.64. The number of aromatic nitrogens is 4. The highest BCUT2D eigenvalue weighted by Gasteiger charge is 2.33. The number of piperidine rings is 1. The number of carbonyl (C=O) groups excluding carboxylic acids is 1. The summed E-state index contributed by atoms with van der Waals surface area (Å²) in [4.78, 5) is 32.4. The molecule has 1 aromatic carbocycles. The van der Waals surface area contributed by atoms with Crippen molar-refractivity contribution >= 4 is 39.2 Å². The van der Waals surface area contributed by atoms with Gasteiger partial charge in [0.2, 0.25) is 11.9 Å². The van der Waals surface area contributed by atoms with Crippen molar-refractivity contribution in [2.75, 3.05) is 48.8 Å². The molecule has 0 aliphatic carbocycles. The molecule has 2 aliphatic heterocycles. The van der Waals surface area contributed by atoms with Crippen LogP contribution in [0, 0.1) is 0 Å². The summed E-state index contributed by atoms with van der Waals surface area (Å²) in [5.74, 6) is 0.485. The Balaban J connectivity index is 1.20. The van der Waals surface area contributed by atoms with Gasteiger partial charge in [-0.2, -0.15) is 13.2 Å². The molecule has 0 spiro atoms. The topological polar surface area (TPSA) is 87.5 Å². The van der Waals surface area contributed by atoms with E-state index in [0.717, 1.165) is 35.9 Å². The van der Waals surface area contributed by atoms with Crippen LogP contribution in [0.5, 0.6) is 0 Å². The minimum atomic E-state index is -4.51. The number of fused-ring (bicyclic) bond motifs is 1. The highest BCUT2D eigenvalue weighted by atomic mass is 32.2. The van der Waals surface area contributed by atoms with Gasteiger partial charge < -0.3 is 19.3 Å². The van der Waals surface area contributed by atoms with Crippen LogP contribution < -0.4 is 9.80 Å². The molecule has 0 radical (unpaired) electrons. The maximum atomic E-state index is 13.8. The van der Waals surface area contributed by atoms with Crippen molar-refractivity contribution in [3.8, 4) is 11.1 Å². The number of alkyl halides is 3. The Morgan fingerprint density at radius 1 is 1.00 bits per heavy atom. The maximum absolute atomic E-state index is 13.8. The first-order valence-electron chi connectivity index (χ1n) is 14.6. The van der Waals surface area contributed by atoms with Crippen LogP contribution in [-0.2, 0) is 28.3 Å². The number of amides is 1. The lowest BCUT2D eigenvalue weighted by Gasteiger charge is -2.41. The zero-order chi connectivity index (χ0) is 31.0. The van der Waals surface area contributed by atoms with E-state index in [1.807, 2.05) is 44.5 Å². The number of rotatable bonds is 6. The van der Waals surface area contributed by atoms with Gasteiger partial charge in [0.1, 0.15) is 6.54 Å². The minimum absolute atomic E-state index is 0.0238. The molecule has 13 heteroatoms. The molecular formula is C31H34F3N7O2S. The summed E-state index contributed by atoms with van der Waals surface area (Å²) in [6, 6.07) is 7.45. The number of piperazine rings is 1. The van der Waals surface area contributed by atoms with Crippen LogP contribution in [0.2, 0.25) is 0 Å². The number of carbonyl (C=O) groups is 1. The maximum Gasteiger partial charge on any atom is 0.416 e. The second-order valence-electron chi connectivity index (χ2n) is 11.4. The first-order valence-corrected chi connectivity index (χ1v) is 16.2. The standard InChI is InChI=1S/C31H34F3N7O2S/c1-21-19-40(13-14-41(21)29(42)20-39-10-6-22-5-9-35-18-28(22)39)27-4-3-24(31(32,33)34)15-26(27)23-16-36-30(37-17-23)38-11-7-25(8-12-38)44(2)43/h3-6,9-10,15-18,21,25H,7-8,11-14,19-20H2,1-2H3. The van der Waals surface area contributed by atoms with Crippen LogP contribution in [0.3, 0.4) is 0 Å². The molecule has 9 nitrogen and oxygen atoms in total. The van der Waals surface area contributed by atoms with Gasteiger partial charge in [-0.15, -0.1) is 0 Å². The second-order valence-corrected chi connectivity index (χ2v) is 13.1. The van der Waals surface area contributed by atoms with E-state index in [2.05, 4.69) is 15.0 Å². The van der Waals surface area contributed by atoms with E-state index in [1.165, 1.54) is 6.07 Å². The Labute approximate surface area is 256 Å². The Morgan fingerprint density at radius 3 is 2.43 bits per heavy atom. The molecule has 5 heterocycles. The zero-order valence-electron chi connectivity index (χ0n) is 24.6. The van der Waals surface area contributed by atoms with E-state index < -0.39 is 22.5 Å². The molecule has 2 atom stereocenters. The highest BCUT2D eigenvalue weighted by Crippen LogP contribution is 2.38. The summed E-state index contributed by atoms with van der Waals surface area (Å²) >= 11 is 0. The highest BCUT2D eigenvalue weighted by molar-refractivity contribution is 7.84. The van der Waals surface area contributed by atoms with Gasteiger partial charge >= 0.3 is 6.18 Å². The van der Waals surface area contributed by atoms with Crippen molar-refractivity contribution in [1.29, 1.82) is 0 Å². The number of halogens is 3. The van der Waals surface area contributed by atoms with Gasteiger partial charge in [-0.3, -0.25) is 14.0 Å². The van der Waals surface area contributed by atoms with Gasteiger partial charge in [0.25, 0.3) is 0 Å². The number of nitrogens with zero attached hydrogens (tertiary/aromatic N) is 7. The van der Waals surface area contributed by atoms with E-state index in [1.54, 1.807) is 31.0 Å². The summed E-state index contributed by atoms with van der Waals surface area (Å²) < 4.78 is 55.1. The number of hydrogen-bond acceptors (Lipinski definition) is 7. The molecule has 2 fully saturated rings. The van der Waals surface area contributed by atoms with Crippen molar-refractivity contribution in [3.05, 3.63) is 66.9 Å². The molecule has 0 bridgehead atoms. The Hall–Kier alpha value is -4.00. The van der Waals surface area contributed by atoms with E-state index in [0.29, 0.717) is 55.5 Å². The number of anilines is 2. The predicted octanol–water partition coefficient (Wildman–Crippen LogP) is 4.60. The SMILES string of the molecule is CC1CN(c2ccc(C(F)(F)F)cc2-c2cnc(N3CCC(S(C)=O)CC3)nc2)CCN1C(=O)Cn1ccc2ccncc21. The number of pyridine rings is 1. The molecule has 3 aromatic heterocycles. The smallest absolute Gasteiger partial charge is 0.367 e. The van der Waals surface area contributed by atoms with Crippen molar-refractivity contribution in [2.45, 2.75) is 43.8 Å². The van der Waals surface area contributed by atoms with Crippen LogP contribution >= 0.6 is 0 Å². The van der Waals surface area contributed by atoms with Gasteiger partial charge in [-0.1, -0.05) is 0 Å². The van der Waals surface area contributed by atoms with Gasteiger partial charge in [-0.25, -0.2) is 9.97 Å². The average Bonchev–Trinajstić information content (AvgIpc) is 3.43. The second kappa shape index (κ2) is 12.2. The minimum Gasteiger partial charge on any atom is -0.367 e. The van der Waals surface area contributed by atoms with Crippen molar-refractivity contribution in [2.24, 2.45) is 0 Å². The van der Waals surface area contributed by atoms with E-state index in [4.69, 9.17) is 0 Å². The average molecular weight is 626 g/mol. The van der Waals surface area contributed by atoms with E-state index in [9.17, 15) is 22.2 Å². The van der Waals surface area contributed by atoms with Crippen LogP contribution in [0.15, 0.2) is 61.3 Å². The van der Waals surface area contributed by atoms with Crippen LogP contribution in [0.25, 0.3) is 22.0 Å². The summed E-state index contributed by atoms with van der Waals surface area (Å²) in [5.41, 5.74) is 1.66. The third kappa shape index (κ3) is 6.15. The van der Waals surface area contributed by atoms with Gasteiger partial charge in [-0.05, 0) is 50.1 Å². The quantitative estimate of drug-likeness (QED) is 0.310. The van der Waals surface area contributed by atoms with E-state index >= 15 is 0 Å². The summed E-state index contributed by atoms with van der Waals surface area (Å²) in [6.45, 7) is 4.86. The van der Waals surface area contributed by atoms with Crippen molar-refractivity contribution in [1.82, 2.24) is 24.4 Å². The molecule has 44 heavy (non-hydrogen) atoms. The lowest BCUT2D eigenvalue weighted by atomic mass is 10.0. The zero-order valence-corrected chi connectivity index (χ0v) is 25.4. The van der Waals surface area contributed by atoms with E-state index in [-0.39, 0.29) is 23.7 Å². The predicted molar refractivity (Wildman–Crippen MR) is 165 cm³/mol. The van der Waals surface area contributed by atoms with Gasteiger partial charge in [0.15, 0.2) is 0 Å². The summed E-state index contributed by atoms with van der Waals surface area (Å²) in [7, 11) is -0.877. The molecule has 6 rings (SSSR count). The van der Waals surface area contributed by atoms with Crippen molar-refractivity contribution < 1.29 is 22.2 Å². The molecule has 232 valence electrons. The molecular weight excluding hydrogens is 591 g/mol. The largest absolute Gasteiger partial charge is 0.416 e. The monoisotopic (exact) mass is 625 g/mol. The molecule has 0 N–H and O–H groups in total. The molecule has 1 amide bonds. The van der Waals surface area contributed by atoms with Crippen LogP contribution in [-0.4, -0.2) is 84.8 Å².